The van der Waals surface area contributed by atoms with Gasteiger partial charge in [0.1, 0.15) is 5.75 Å². The Bertz CT molecular complexity index is 972. The van der Waals surface area contributed by atoms with Crippen molar-refractivity contribution in [2.24, 2.45) is 0 Å². The summed E-state index contributed by atoms with van der Waals surface area (Å²) in [6, 6.07) is 12.2. The van der Waals surface area contributed by atoms with Crippen molar-refractivity contribution in [1.29, 1.82) is 0 Å². The van der Waals surface area contributed by atoms with Crippen molar-refractivity contribution >= 4 is 27.5 Å². The van der Waals surface area contributed by atoms with Crippen LogP contribution in [0.5, 0.6) is 5.75 Å². The van der Waals surface area contributed by atoms with E-state index >= 15 is 0 Å². The average molecular weight is 420 g/mol. The number of benzene rings is 2. The zero-order chi connectivity index (χ0) is 21.6. The Kier molecular flexibility index (Phi) is 7.22. The first-order valence-electron chi connectivity index (χ1n) is 8.95. The van der Waals surface area contributed by atoms with Gasteiger partial charge in [0.2, 0.25) is 5.91 Å². The fraction of sp³-hybridized carbons (Fsp3) is 0.300. The molecule has 0 bridgehead atoms. The fourth-order valence-electron chi connectivity index (χ4n) is 2.45. The van der Waals surface area contributed by atoms with Gasteiger partial charge in [-0.25, -0.2) is 8.42 Å². The van der Waals surface area contributed by atoms with Gasteiger partial charge in [0.15, 0.2) is 0 Å². The van der Waals surface area contributed by atoms with E-state index in [9.17, 15) is 18.0 Å². The number of carbonyl (C=O) groups excluding carboxylic acids is 2. The Morgan fingerprint density at radius 2 is 1.69 bits per heavy atom. The van der Waals surface area contributed by atoms with Gasteiger partial charge in [0.25, 0.3) is 15.9 Å². The van der Waals surface area contributed by atoms with Crippen molar-refractivity contribution in [3.63, 3.8) is 0 Å². The molecule has 0 fully saturated rings. The fourth-order valence-corrected chi connectivity index (χ4v) is 3.50. The van der Waals surface area contributed by atoms with Crippen LogP contribution >= 0.6 is 0 Å². The van der Waals surface area contributed by atoms with Crippen molar-refractivity contribution in [2.45, 2.75) is 11.8 Å². The smallest absolute Gasteiger partial charge is 0.261 e. The quantitative estimate of drug-likeness (QED) is 0.706. The second-order valence-corrected chi connectivity index (χ2v) is 8.22. The van der Waals surface area contributed by atoms with Gasteiger partial charge in [0.05, 0.1) is 18.0 Å². The average Bonchev–Trinajstić information content (AvgIpc) is 2.67. The van der Waals surface area contributed by atoms with E-state index in [1.54, 1.807) is 44.4 Å². The third kappa shape index (κ3) is 5.95. The maximum Gasteiger partial charge on any atom is 0.261 e. The van der Waals surface area contributed by atoms with Crippen LogP contribution in [0.15, 0.2) is 53.4 Å². The molecule has 0 heterocycles. The molecule has 0 radical (unpaired) electrons. The number of anilines is 1. The molecule has 1 N–H and O–H groups in total. The van der Waals surface area contributed by atoms with Gasteiger partial charge in [-0.05, 0) is 49.4 Å². The zero-order valence-electron chi connectivity index (χ0n) is 16.9. The van der Waals surface area contributed by atoms with E-state index in [0.29, 0.717) is 12.4 Å². The van der Waals surface area contributed by atoms with Gasteiger partial charge in [-0.2, -0.15) is 0 Å². The topological polar surface area (TPSA) is 96.0 Å². The summed E-state index contributed by atoms with van der Waals surface area (Å²) in [5.41, 5.74) is 0.517. The molecule has 0 aromatic heterocycles. The SMILES string of the molecule is CCOc1ccc(S(=O)(=O)Nc2cccc(C(=O)N(C)CC(=O)N(C)C)c2)cc1. The first kappa shape index (κ1) is 22.2. The second-order valence-electron chi connectivity index (χ2n) is 6.54. The Morgan fingerprint density at radius 3 is 2.28 bits per heavy atom. The molecule has 0 aliphatic rings. The van der Waals surface area contributed by atoms with Crippen molar-refractivity contribution < 1.29 is 22.7 Å². The van der Waals surface area contributed by atoms with Gasteiger partial charge in [-0.3, -0.25) is 14.3 Å². The van der Waals surface area contributed by atoms with Gasteiger partial charge in [-0.1, -0.05) is 6.07 Å². The van der Waals surface area contributed by atoms with Crippen LogP contribution in [-0.4, -0.2) is 64.3 Å². The van der Waals surface area contributed by atoms with Crippen LogP contribution < -0.4 is 9.46 Å². The molecular weight excluding hydrogens is 394 g/mol. The summed E-state index contributed by atoms with van der Waals surface area (Å²) in [7, 11) is 0.901. The number of likely N-dealkylation sites (N-methyl/N-ethyl adjacent to an activating group) is 2. The van der Waals surface area contributed by atoms with Crippen molar-refractivity contribution in [3.8, 4) is 5.75 Å². The number of sulfonamides is 1. The molecule has 2 rings (SSSR count). The summed E-state index contributed by atoms with van der Waals surface area (Å²) in [6.07, 6.45) is 0. The minimum atomic E-state index is -3.83. The summed E-state index contributed by atoms with van der Waals surface area (Å²) in [5.74, 6) is -0.0233. The highest BCUT2D eigenvalue weighted by Gasteiger charge is 2.18. The van der Waals surface area contributed by atoms with E-state index in [4.69, 9.17) is 4.74 Å². The summed E-state index contributed by atoms with van der Waals surface area (Å²) < 4.78 is 33.0. The largest absolute Gasteiger partial charge is 0.494 e. The van der Waals surface area contributed by atoms with Crippen molar-refractivity contribution in [2.75, 3.05) is 39.0 Å². The van der Waals surface area contributed by atoms with E-state index < -0.39 is 10.0 Å². The van der Waals surface area contributed by atoms with Crippen LogP contribution in [0, 0.1) is 0 Å². The molecule has 0 aliphatic heterocycles. The molecule has 9 heteroatoms. The van der Waals surface area contributed by atoms with Crippen LogP contribution in [0.4, 0.5) is 5.69 Å². The van der Waals surface area contributed by atoms with Gasteiger partial charge in [0, 0.05) is 32.4 Å². The van der Waals surface area contributed by atoms with Crippen molar-refractivity contribution in [1.82, 2.24) is 9.80 Å². The van der Waals surface area contributed by atoms with Gasteiger partial charge >= 0.3 is 0 Å². The predicted octanol–water partition coefficient (Wildman–Crippen LogP) is 2.05. The molecule has 2 amide bonds. The highest BCUT2D eigenvalue weighted by molar-refractivity contribution is 7.92. The number of amides is 2. The highest BCUT2D eigenvalue weighted by Crippen LogP contribution is 2.20. The molecular formula is C20H25N3O5S. The molecule has 2 aromatic carbocycles. The third-order valence-corrected chi connectivity index (χ3v) is 5.42. The maximum atomic E-state index is 12.6. The minimum Gasteiger partial charge on any atom is -0.494 e. The normalized spacial score (nSPS) is 10.9. The van der Waals surface area contributed by atoms with E-state index in [-0.39, 0.29) is 34.5 Å². The lowest BCUT2D eigenvalue weighted by Crippen LogP contribution is -2.37. The number of hydrogen-bond donors (Lipinski definition) is 1. The Balaban J connectivity index is 2.16. The van der Waals surface area contributed by atoms with Crippen LogP contribution in [-0.2, 0) is 14.8 Å². The van der Waals surface area contributed by atoms with Crippen LogP contribution in [0.2, 0.25) is 0 Å². The number of rotatable bonds is 8. The molecule has 0 saturated heterocycles. The van der Waals surface area contributed by atoms with E-state index in [1.165, 1.54) is 35.0 Å². The molecule has 0 spiro atoms. The Labute approximate surface area is 171 Å². The minimum absolute atomic E-state index is 0.0754. The lowest BCUT2D eigenvalue weighted by molar-refractivity contribution is -0.129. The first-order valence-corrected chi connectivity index (χ1v) is 10.4. The summed E-state index contributed by atoms with van der Waals surface area (Å²) >= 11 is 0. The van der Waals surface area contributed by atoms with Crippen molar-refractivity contribution in [3.05, 3.63) is 54.1 Å². The first-order chi connectivity index (χ1) is 13.6. The molecule has 0 atom stereocenters. The highest BCUT2D eigenvalue weighted by atomic mass is 32.2. The van der Waals surface area contributed by atoms with E-state index in [2.05, 4.69) is 4.72 Å². The lowest BCUT2D eigenvalue weighted by atomic mass is 10.2. The maximum absolute atomic E-state index is 12.6. The molecule has 156 valence electrons. The van der Waals surface area contributed by atoms with Crippen LogP contribution in [0.25, 0.3) is 0 Å². The van der Waals surface area contributed by atoms with Gasteiger partial charge in [-0.15, -0.1) is 0 Å². The molecule has 0 saturated carbocycles. The number of carbonyl (C=O) groups is 2. The van der Waals surface area contributed by atoms with Crippen LogP contribution in [0.1, 0.15) is 17.3 Å². The standard InChI is InChI=1S/C20H25N3O5S/c1-5-28-17-9-11-18(12-10-17)29(26,27)21-16-8-6-7-15(13-16)20(25)23(4)14-19(24)22(2)3/h6-13,21H,5,14H2,1-4H3. The number of hydrogen-bond acceptors (Lipinski definition) is 5. The molecule has 29 heavy (non-hydrogen) atoms. The summed E-state index contributed by atoms with van der Waals surface area (Å²) in [5, 5.41) is 0. The monoisotopic (exact) mass is 419 g/mol. The molecule has 8 nitrogen and oxygen atoms in total. The zero-order valence-corrected chi connectivity index (χ0v) is 17.7. The number of nitrogens with one attached hydrogen (secondary N) is 1. The lowest BCUT2D eigenvalue weighted by Gasteiger charge is -2.19. The molecule has 0 unspecified atom stereocenters. The molecule has 0 aliphatic carbocycles. The third-order valence-electron chi connectivity index (χ3n) is 4.02. The second kappa shape index (κ2) is 9.42. The molecule has 2 aromatic rings. The number of ether oxygens (including phenoxy) is 1. The Hall–Kier alpha value is -3.07. The van der Waals surface area contributed by atoms with Gasteiger partial charge < -0.3 is 14.5 Å². The Morgan fingerprint density at radius 1 is 1.03 bits per heavy atom. The van der Waals surface area contributed by atoms with E-state index in [1.807, 2.05) is 6.92 Å². The predicted molar refractivity (Wildman–Crippen MR) is 111 cm³/mol. The summed E-state index contributed by atoms with van der Waals surface area (Å²) in [6.45, 7) is 2.25. The summed E-state index contributed by atoms with van der Waals surface area (Å²) in [4.78, 5) is 27.1. The van der Waals surface area contributed by atoms with Crippen LogP contribution in [0.3, 0.4) is 0 Å². The van der Waals surface area contributed by atoms with E-state index in [0.717, 1.165) is 0 Å². The number of nitrogens with zero attached hydrogens (tertiary/aromatic N) is 2.